The SMILES string of the molecule is Cc1cc(C)n(CCCNC(=O)NC2c3ccccc3CC2O)n1. The Morgan fingerprint density at radius 2 is 2.17 bits per heavy atom. The quantitative estimate of drug-likeness (QED) is 0.733. The van der Waals surface area contributed by atoms with Crippen LogP contribution in [0.25, 0.3) is 0 Å². The normalized spacial score (nSPS) is 19.1. The van der Waals surface area contributed by atoms with Gasteiger partial charge in [-0.3, -0.25) is 4.68 Å². The molecule has 1 aromatic carbocycles. The standard InChI is InChI=1S/C18H24N4O2/c1-12-10-13(2)22(21-12)9-5-8-19-18(24)20-17-15-7-4-3-6-14(15)11-16(17)23/h3-4,6-7,10,16-17,23H,5,8-9,11H2,1-2H3,(H2,19,20,24). The van der Waals surface area contributed by atoms with E-state index in [9.17, 15) is 9.90 Å². The van der Waals surface area contributed by atoms with Gasteiger partial charge in [0.25, 0.3) is 0 Å². The van der Waals surface area contributed by atoms with Gasteiger partial charge < -0.3 is 15.7 Å². The number of nitrogens with zero attached hydrogens (tertiary/aromatic N) is 2. The molecule has 6 nitrogen and oxygen atoms in total. The molecular formula is C18H24N4O2. The molecule has 6 heteroatoms. The summed E-state index contributed by atoms with van der Waals surface area (Å²) in [7, 11) is 0. The number of benzene rings is 1. The van der Waals surface area contributed by atoms with Gasteiger partial charge in [0.15, 0.2) is 0 Å². The molecule has 0 bridgehead atoms. The number of aliphatic hydroxyl groups is 1. The number of aryl methyl sites for hydroxylation is 3. The number of nitrogens with one attached hydrogen (secondary N) is 2. The molecule has 1 aliphatic carbocycles. The topological polar surface area (TPSA) is 79.2 Å². The Bertz CT molecular complexity index is 726. The number of hydrogen-bond donors (Lipinski definition) is 3. The van der Waals surface area contributed by atoms with Gasteiger partial charge in [-0.25, -0.2) is 4.79 Å². The van der Waals surface area contributed by atoms with E-state index in [0.717, 1.165) is 35.5 Å². The van der Waals surface area contributed by atoms with Gasteiger partial charge in [0.1, 0.15) is 0 Å². The summed E-state index contributed by atoms with van der Waals surface area (Å²) in [5, 5.41) is 20.3. The first-order valence-electron chi connectivity index (χ1n) is 8.36. The Balaban J connectivity index is 1.45. The number of fused-ring (bicyclic) bond motifs is 1. The minimum Gasteiger partial charge on any atom is -0.390 e. The van der Waals surface area contributed by atoms with Crippen molar-refractivity contribution in [3.05, 3.63) is 52.8 Å². The molecule has 0 saturated heterocycles. The highest BCUT2D eigenvalue weighted by molar-refractivity contribution is 5.74. The molecule has 128 valence electrons. The zero-order valence-corrected chi connectivity index (χ0v) is 14.1. The van der Waals surface area contributed by atoms with Crippen molar-refractivity contribution in [1.82, 2.24) is 20.4 Å². The number of carbonyl (C=O) groups is 1. The summed E-state index contributed by atoms with van der Waals surface area (Å²) >= 11 is 0. The number of rotatable bonds is 5. The van der Waals surface area contributed by atoms with E-state index in [1.807, 2.05) is 48.9 Å². The molecule has 2 atom stereocenters. The summed E-state index contributed by atoms with van der Waals surface area (Å²) in [6, 6.07) is 9.29. The first-order valence-corrected chi connectivity index (χ1v) is 8.36. The first kappa shape index (κ1) is 16.5. The fourth-order valence-corrected chi connectivity index (χ4v) is 3.27. The highest BCUT2D eigenvalue weighted by Gasteiger charge is 2.31. The number of amides is 2. The molecule has 24 heavy (non-hydrogen) atoms. The molecule has 3 N–H and O–H groups in total. The summed E-state index contributed by atoms with van der Waals surface area (Å²) in [4.78, 5) is 12.1. The van der Waals surface area contributed by atoms with Crippen molar-refractivity contribution < 1.29 is 9.90 Å². The minimum atomic E-state index is -0.567. The third kappa shape index (κ3) is 3.59. The molecule has 0 aliphatic heterocycles. The van der Waals surface area contributed by atoms with Gasteiger partial charge in [-0.2, -0.15) is 5.10 Å². The monoisotopic (exact) mass is 328 g/mol. The van der Waals surface area contributed by atoms with Crippen molar-refractivity contribution in [3.8, 4) is 0 Å². The highest BCUT2D eigenvalue weighted by Crippen LogP contribution is 2.30. The van der Waals surface area contributed by atoms with E-state index in [0.29, 0.717) is 13.0 Å². The van der Waals surface area contributed by atoms with Gasteiger partial charge >= 0.3 is 6.03 Å². The number of aromatic nitrogens is 2. The van der Waals surface area contributed by atoms with Crippen LogP contribution in [0.1, 0.15) is 35.0 Å². The van der Waals surface area contributed by atoms with Crippen molar-refractivity contribution in [1.29, 1.82) is 0 Å². The zero-order chi connectivity index (χ0) is 17.1. The van der Waals surface area contributed by atoms with Gasteiger partial charge in [-0.1, -0.05) is 24.3 Å². The molecule has 0 radical (unpaired) electrons. The number of aliphatic hydroxyl groups excluding tert-OH is 1. The lowest BCUT2D eigenvalue weighted by Gasteiger charge is -2.18. The maximum Gasteiger partial charge on any atom is 0.315 e. The minimum absolute atomic E-state index is 0.246. The first-order chi connectivity index (χ1) is 11.5. The lowest BCUT2D eigenvalue weighted by molar-refractivity contribution is 0.142. The van der Waals surface area contributed by atoms with Crippen LogP contribution < -0.4 is 10.6 Å². The third-order valence-electron chi connectivity index (χ3n) is 4.43. The summed E-state index contributed by atoms with van der Waals surface area (Å²) in [5.41, 5.74) is 4.23. The zero-order valence-electron chi connectivity index (χ0n) is 14.1. The molecule has 2 unspecified atom stereocenters. The molecule has 0 saturated carbocycles. The smallest absolute Gasteiger partial charge is 0.315 e. The summed E-state index contributed by atoms with van der Waals surface area (Å²) in [5.74, 6) is 0. The van der Waals surface area contributed by atoms with Crippen molar-refractivity contribution in [3.63, 3.8) is 0 Å². The van der Waals surface area contributed by atoms with Crippen LogP contribution in [0.3, 0.4) is 0 Å². The van der Waals surface area contributed by atoms with E-state index < -0.39 is 6.10 Å². The fourth-order valence-electron chi connectivity index (χ4n) is 3.27. The van der Waals surface area contributed by atoms with Crippen LogP contribution in [0.5, 0.6) is 0 Å². The van der Waals surface area contributed by atoms with Crippen LogP contribution in [0.2, 0.25) is 0 Å². The molecule has 2 amide bonds. The lowest BCUT2D eigenvalue weighted by atomic mass is 10.1. The van der Waals surface area contributed by atoms with Crippen molar-refractivity contribution in [2.24, 2.45) is 0 Å². The molecule has 1 aromatic heterocycles. The highest BCUT2D eigenvalue weighted by atomic mass is 16.3. The van der Waals surface area contributed by atoms with Gasteiger partial charge in [0.2, 0.25) is 0 Å². The maximum absolute atomic E-state index is 12.1. The van der Waals surface area contributed by atoms with Crippen molar-refractivity contribution >= 4 is 6.03 Å². The van der Waals surface area contributed by atoms with Crippen molar-refractivity contribution in [2.45, 2.75) is 45.4 Å². The predicted molar refractivity (Wildman–Crippen MR) is 91.7 cm³/mol. The maximum atomic E-state index is 12.1. The predicted octanol–water partition coefficient (Wildman–Crippen LogP) is 1.85. The average molecular weight is 328 g/mol. The molecule has 1 aliphatic rings. The van der Waals surface area contributed by atoms with E-state index in [2.05, 4.69) is 15.7 Å². The van der Waals surface area contributed by atoms with Crippen LogP contribution in [-0.2, 0) is 13.0 Å². The van der Waals surface area contributed by atoms with Crippen LogP contribution in [0, 0.1) is 13.8 Å². The fraction of sp³-hybridized carbons (Fsp3) is 0.444. The average Bonchev–Trinajstić information content (AvgIpc) is 3.03. The van der Waals surface area contributed by atoms with Crippen molar-refractivity contribution in [2.75, 3.05) is 6.54 Å². The second-order valence-electron chi connectivity index (χ2n) is 6.35. The van der Waals surface area contributed by atoms with Gasteiger partial charge in [0, 0.05) is 25.2 Å². The number of hydrogen-bond acceptors (Lipinski definition) is 3. The van der Waals surface area contributed by atoms with Crippen LogP contribution >= 0.6 is 0 Å². The van der Waals surface area contributed by atoms with Crippen LogP contribution in [0.15, 0.2) is 30.3 Å². The van der Waals surface area contributed by atoms with Gasteiger partial charge in [-0.05, 0) is 37.5 Å². The molecule has 0 fully saturated rings. The largest absolute Gasteiger partial charge is 0.390 e. The van der Waals surface area contributed by atoms with E-state index in [1.165, 1.54) is 0 Å². The molecular weight excluding hydrogens is 304 g/mol. The van der Waals surface area contributed by atoms with E-state index in [4.69, 9.17) is 0 Å². The Kier molecular flexibility index (Phi) is 4.85. The molecule has 2 aromatic rings. The number of urea groups is 1. The van der Waals surface area contributed by atoms with E-state index in [-0.39, 0.29) is 12.1 Å². The second-order valence-corrected chi connectivity index (χ2v) is 6.35. The third-order valence-corrected chi connectivity index (χ3v) is 4.43. The number of carbonyl (C=O) groups excluding carboxylic acids is 1. The van der Waals surface area contributed by atoms with Gasteiger partial charge in [-0.15, -0.1) is 0 Å². The molecule has 1 heterocycles. The van der Waals surface area contributed by atoms with Gasteiger partial charge in [0.05, 0.1) is 17.8 Å². The summed E-state index contributed by atoms with van der Waals surface area (Å²) in [6.45, 7) is 5.34. The Hall–Kier alpha value is -2.34. The van der Waals surface area contributed by atoms with Crippen LogP contribution in [0.4, 0.5) is 4.79 Å². The second kappa shape index (κ2) is 7.05. The molecule has 3 rings (SSSR count). The summed E-state index contributed by atoms with van der Waals surface area (Å²) in [6.07, 6.45) is 0.820. The Morgan fingerprint density at radius 3 is 2.92 bits per heavy atom. The van der Waals surface area contributed by atoms with E-state index in [1.54, 1.807) is 0 Å². The Labute approximate surface area is 141 Å². The van der Waals surface area contributed by atoms with E-state index >= 15 is 0 Å². The Morgan fingerprint density at radius 1 is 1.38 bits per heavy atom. The van der Waals surface area contributed by atoms with Crippen LogP contribution in [-0.4, -0.2) is 33.6 Å². The molecule has 0 spiro atoms. The summed E-state index contributed by atoms with van der Waals surface area (Å²) < 4.78 is 1.95. The lowest BCUT2D eigenvalue weighted by Crippen LogP contribution is -2.41.